The molecule has 2 rings (SSSR count). The van der Waals surface area contributed by atoms with E-state index in [0.29, 0.717) is 11.3 Å². The van der Waals surface area contributed by atoms with Crippen LogP contribution in [0.3, 0.4) is 0 Å². The van der Waals surface area contributed by atoms with Crippen molar-refractivity contribution in [2.75, 3.05) is 6.54 Å². The smallest absolute Gasteiger partial charge is 0.188 e. The summed E-state index contributed by atoms with van der Waals surface area (Å²) in [5.74, 6) is 0. The monoisotopic (exact) mass is 307 g/mol. The molecule has 1 fully saturated rings. The molecule has 0 spiro atoms. The zero-order valence-corrected chi connectivity index (χ0v) is 14.7. The third-order valence-electron chi connectivity index (χ3n) is 4.54. The largest absolute Gasteiger partial charge is 0.313 e. The quantitative estimate of drug-likeness (QED) is 0.846. The van der Waals surface area contributed by atoms with Crippen LogP contribution in [0.25, 0.3) is 0 Å². The van der Waals surface area contributed by atoms with Gasteiger partial charge < -0.3 is 5.32 Å². The van der Waals surface area contributed by atoms with Gasteiger partial charge >= 0.3 is 0 Å². The normalized spacial score (nSPS) is 23.6. The van der Waals surface area contributed by atoms with E-state index in [4.69, 9.17) is 9.97 Å². The summed E-state index contributed by atoms with van der Waals surface area (Å²) in [6.45, 7) is 9.55. The van der Waals surface area contributed by atoms with E-state index in [-0.39, 0.29) is 0 Å². The van der Waals surface area contributed by atoms with Gasteiger partial charge in [0.25, 0.3) is 0 Å². The molecule has 1 aromatic rings. The fraction of sp³-hybridized carbons (Fsp3) is 0.765. The SMILES string of the molecule is CCNC1CCCCCCC1Sc1nc(C)c(C)c(C)n1. The number of nitrogens with zero attached hydrogens (tertiary/aromatic N) is 2. The van der Waals surface area contributed by atoms with Crippen molar-refractivity contribution in [3.63, 3.8) is 0 Å². The molecule has 1 aromatic heterocycles. The van der Waals surface area contributed by atoms with Gasteiger partial charge in [0.2, 0.25) is 0 Å². The molecule has 0 amide bonds. The molecule has 1 saturated carbocycles. The molecule has 0 radical (unpaired) electrons. The summed E-state index contributed by atoms with van der Waals surface area (Å²) in [7, 11) is 0. The van der Waals surface area contributed by atoms with Gasteiger partial charge in [-0.25, -0.2) is 9.97 Å². The van der Waals surface area contributed by atoms with E-state index < -0.39 is 0 Å². The van der Waals surface area contributed by atoms with Gasteiger partial charge in [-0.15, -0.1) is 0 Å². The molecule has 0 bridgehead atoms. The summed E-state index contributed by atoms with van der Waals surface area (Å²) in [6.07, 6.45) is 8.01. The Morgan fingerprint density at radius 1 is 1.00 bits per heavy atom. The van der Waals surface area contributed by atoms with Crippen LogP contribution in [0.4, 0.5) is 0 Å². The molecule has 1 aliphatic rings. The molecule has 3 nitrogen and oxygen atoms in total. The Hall–Kier alpha value is -0.610. The average molecular weight is 308 g/mol. The molecule has 2 atom stereocenters. The molecule has 118 valence electrons. The van der Waals surface area contributed by atoms with Crippen LogP contribution in [0.15, 0.2) is 5.16 Å². The first-order chi connectivity index (χ1) is 10.1. The number of aromatic nitrogens is 2. The van der Waals surface area contributed by atoms with Crippen molar-refractivity contribution in [3.05, 3.63) is 17.0 Å². The van der Waals surface area contributed by atoms with E-state index in [2.05, 4.69) is 33.0 Å². The predicted molar refractivity (Wildman–Crippen MR) is 91.1 cm³/mol. The van der Waals surface area contributed by atoms with Gasteiger partial charge in [-0.3, -0.25) is 0 Å². The second-order valence-corrected chi connectivity index (χ2v) is 7.32. The summed E-state index contributed by atoms with van der Waals surface area (Å²) in [5.41, 5.74) is 3.46. The van der Waals surface area contributed by atoms with Crippen molar-refractivity contribution in [2.45, 2.75) is 82.7 Å². The molecule has 2 unspecified atom stereocenters. The molecular weight excluding hydrogens is 278 g/mol. The van der Waals surface area contributed by atoms with Gasteiger partial charge in [0, 0.05) is 22.7 Å². The topological polar surface area (TPSA) is 37.8 Å². The minimum Gasteiger partial charge on any atom is -0.313 e. The molecule has 0 aromatic carbocycles. The van der Waals surface area contributed by atoms with Gasteiger partial charge in [0.05, 0.1) is 0 Å². The lowest BCUT2D eigenvalue weighted by molar-refractivity contribution is 0.405. The van der Waals surface area contributed by atoms with E-state index in [1.165, 1.54) is 44.1 Å². The zero-order valence-electron chi connectivity index (χ0n) is 13.9. The van der Waals surface area contributed by atoms with Crippen LogP contribution < -0.4 is 5.32 Å². The Kier molecular flexibility index (Phi) is 6.49. The second kappa shape index (κ2) is 8.14. The molecule has 0 saturated heterocycles. The lowest BCUT2D eigenvalue weighted by atomic mass is 9.96. The summed E-state index contributed by atoms with van der Waals surface area (Å²) in [4.78, 5) is 9.40. The highest BCUT2D eigenvalue weighted by Gasteiger charge is 2.24. The van der Waals surface area contributed by atoms with E-state index in [1.807, 2.05) is 11.8 Å². The molecular formula is C17H29N3S. The molecule has 1 N–H and O–H groups in total. The maximum absolute atomic E-state index is 4.70. The lowest BCUT2D eigenvalue weighted by Gasteiger charge is -2.29. The number of aryl methyl sites for hydroxylation is 2. The third kappa shape index (κ3) is 4.68. The Balaban J connectivity index is 2.13. The number of hydrogen-bond acceptors (Lipinski definition) is 4. The highest BCUT2D eigenvalue weighted by molar-refractivity contribution is 7.99. The van der Waals surface area contributed by atoms with E-state index in [0.717, 1.165) is 23.1 Å². The Morgan fingerprint density at radius 3 is 2.24 bits per heavy atom. The molecule has 21 heavy (non-hydrogen) atoms. The van der Waals surface area contributed by atoms with Gasteiger partial charge in [-0.05, 0) is 45.7 Å². The number of hydrogen-bond donors (Lipinski definition) is 1. The van der Waals surface area contributed by atoms with Crippen LogP contribution in [0.1, 0.15) is 62.4 Å². The third-order valence-corrected chi connectivity index (χ3v) is 5.80. The summed E-state index contributed by atoms with van der Waals surface area (Å²) in [6, 6.07) is 0.603. The maximum Gasteiger partial charge on any atom is 0.188 e. The maximum atomic E-state index is 4.70. The summed E-state index contributed by atoms with van der Waals surface area (Å²) in [5, 5.41) is 5.25. The van der Waals surface area contributed by atoms with E-state index in [9.17, 15) is 0 Å². The van der Waals surface area contributed by atoms with Crippen LogP contribution in [0, 0.1) is 20.8 Å². The average Bonchev–Trinajstić information content (AvgIpc) is 2.43. The highest BCUT2D eigenvalue weighted by Crippen LogP contribution is 2.31. The van der Waals surface area contributed by atoms with E-state index in [1.54, 1.807) is 0 Å². The first kappa shape index (κ1) is 16.8. The summed E-state index contributed by atoms with van der Waals surface area (Å²) < 4.78 is 0. The first-order valence-electron chi connectivity index (χ1n) is 8.33. The van der Waals surface area contributed by atoms with Crippen molar-refractivity contribution in [2.24, 2.45) is 0 Å². The standard InChI is InChI=1S/C17H29N3S/c1-5-18-15-10-8-6-7-9-11-16(15)21-17-19-13(3)12(2)14(4)20-17/h15-16,18H,5-11H2,1-4H3. The van der Waals surface area contributed by atoms with Gasteiger partial charge in [-0.2, -0.15) is 0 Å². The van der Waals surface area contributed by atoms with Crippen LogP contribution in [0.2, 0.25) is 0 Å². The van der Waals surface area contributed by atoms with Crippen LogP contribution in [-0.2, 0) is 0 Å². The minimum atomic E-state index is 0.603. The second-order valence-electron chi connectivity index (χ2n) is 6.11. The fourth-order valence-corrected chi connectivity index (χ4v) is 4.35. The lowest BCUT2D eigenvalue weighted by Crippen LogP contribution is -2.38. The summed E-state index contributed by atoms with van der Waals surface area (Å²) >= 11 is 1.89. The Morgan fingerprint density at radius 2 is 1.62 bits per heavy atom. The molecule has 1 heterocycles. The van der Waals surface area contributed by atoms with Crippen molar-refractivity contribution in [3.8, 4) is 0 Å². The fourth-order valence-electron chi connectivity index (χ4n) is 3.02. The molecule has 1 aliphatic carbocycles. The van der Waals surface area contributed by atoms with Crippen molar-refractivity contribution >= 4 is 11.8 Å². The number of nitrogens with one attached hydrogen (secondary N) is 1. The van der Waals surface area contributed by atoms with Crippen molar-refractivity contribution in [1.82, 2.24) is 15.3 Å². The minimum absolute atomic E-state index is 0.603. The van der Waals surface area contributed by atoms with Gasteiger partial charge in [-0.1, -0.05) is 44.4 Å². The van der Waals surface area contributed by atoms with E-state index >= 15 is 0 Å². The Labute approximate surface area is 133 Å². The highest BCUT2D eigenvalue weighted by atomic mass is 32.2. The first-order valence-corrected chi connectivity index (χ1v) is 9.21. The molecule has 0 aliphatic heterocycles. The van der Waals surface area contributed by atoms with Gasteiger partial charge in [0.15, 0.2) is 5.16 Å². The van der Waals surface area contributed by atoms with Crippen LogP contribution in [0.5, 0.6) is 0 Å². The van der Waals surface area contributed by atoms with Gasteiger partial charge in [0.1, 0.15) is 0 Å². The van der Waals surface area contributed by atoms with Crippen molar-refractivity contribution in [1.29, 1.82) is 0 Å². The molecule has 4 heteroatoms. The van der Waals surface area contributed by atoms with Crippen LogP contribution >= 0.6 is 11.8 Å². The number of thioether (sulfide) groups is 1. The number of rotatable bonds is 4. The van der Waals surface area contributed by atoms with Crippen LogP contribution in [-0.4, -0.2) is 27.8 Å². The predicted octanol–water partition coefficient (Wildman–Crippen LogP) is 4.19. The Bertz CT molecular complexity index is 438. The van der Waals surface area contributed by atoms with Crippen molar-refractivity contribution < 1.29 is 0 Å². The zero-order chi connectivity index (χ0) is 15.2.